The summed E-state index contributed by atoms with van der Waals surface area (Å²) in [5, 5.41) is -4.26. The van der Waals surface area contributed by atoms with Gasteiger partial charge in [-0.3, -0.25) is 0 Å². The van der Waals surface area contributed by atoms with Gasteiger partial charge in [0.2, 0.25) is 0 Å². The second-order valence-corrected chi connectivity index (χ2v) is 5.60. The maximum absolute atomic E-state index is 13.0. The number of benzene rings is 2. The van der Waals surface area contributed by atoms with Gasteiger partial charge in [0.25, 0.3) is 0 Å². The lowest BCUT2D eigenvalue weighted by atomic mass is 10.1. The van der Waals surface area contributed by atoms with Gasteiger partial charge in [0, 0.05) is 5.39 Å². The molecule has 0 aromatic heterocycles. The Balaban J connectivity index is 2.50. The Labute approximate surface area is 111 Å². The van der Waals surface area contributed by atoms with Crippen molar-refractivity contribution < 1.29 is 30.2 Å². The first-order valence-corrected chi connectivity index (χ1v) is 6.74. The molecule has 0 N–H and O–H groups in total. The van der Waals surface area contributed by atoms with Gasteiger partial charge < -0.3 is 4.18 Å². The summed E-state index contributed by atoms with van der Waals surface area (Å²) < 4.78 is 77.8. The summed E-state index contributed by atoms with van der Waals surface area (Å²) in [6.45, 7) is -2.39. The highest BCUT2D eigenvalue weighted by molar-refractivity contribution is 7.88. The summed E-state index contributed by atoms with van der Waals surface area (Å²) in [4.78, 5) is 0. The van der Waals surface area contributed by atoms with Gasteiger partial charge in [-0.2, -0.15) is 17.2 Å². The van der Waals surface area contributed by atoms with Crippen molar-refractivity contribution in [2.24, 2.45) is 0 Å². The monoisotopic (exact) mass is 308 g/mol. The highest BCUT2D eigenvalue weighted by atomic mass is 32.2. The van der Waals surface area contributed by atoms with E-state index in [9.17, 15) is 26.0 Å². The van der Waals surface area contributed by atoms with Crippen molar-refractivity contribution in [3.8, 4) is 5.75 Å². The molecule has 3 nitrogen and oxygen atoms in total. The molecule has 0 radical (unpaired) electrons. The fraction of sp³-hybridized carbons (Fsp3) is 0.167. The molecule has 0 heterocycles. The Hall–Kier alpha value is -1.83. The quantitative estimate of drug-likeness (QED) is 0.643. The SMILES string of the molecule is O=S(=O)(Oc1cccc2cc(F)ccc12)C(F)(F)CF. The molecule has 8 heteroatoms. The van der Waals surface area contributed by atoms with Crippen molar-refractivity contribution in [3.63, 3.8) is 0 Å². The van der Waals surface area contributed by atoms with E-state index in [2.05, 4.69) is 4.18 Å². The van der Waals surface area contributed by atoms with Crippen molar-refractivity contribution in [1.82, 2.24) is 0 Å². The number of rotatable bonds is 4. The zero-order valence-electron chi connectivity index (χ0n) is 9.82. The van der Waals surface area contributed by atoms with Crippen LogP contribution in [0.5, 0.6) is 5.75 Å². The van der Waals surface area contributed by atoms with Crippen molar-refractivity contribution in [2.75, 3.05) is 6.67 Å². The zero-order valence-corrected chi connectivity index (χ0v) is 10.6. The number of fused-ring (bicyclic) bond motifs is 1. The molecule has 0 saturated heterocycles. The van der Waals surface area contributed by atoms with Crippen LogP contribution in [0.25, 0.3) is 10.8 Å². The van der Waals surface area contributed by atoms with E-state index in [-0.39, 0.29) is 10.8 Å². The van der Waals surface area contributed by atoms with Crippen LogP contribution in [-0.2, 0) is 10.1 Å². The van der Waals surface area contributed by atoms with Gasteiger partial charge in [-0.1, -0.05) is 12.1 Å². The van der Waals surface area contributed by atoms with Crippen LogP contribution in [-0.4, -0.2) is 20.3 Å². The lowest BCUT2D eigenvalue weighted by Crippen LogP contribution is -2.34. The summed E-state index contributed by atoms with van der Waals surface area (Å²) in [5.41, 5.74) is 0. The van der Waals surface area contributed by atoms with E-state index in [1.165, 1.54) is 18.2 Å². The van der Waals surface area contributed by atoms with Gasteiger partial charge in [0.1, 0.15) is 5.82 Å². The van der Waals surface area contributed by atoms with Crippen LogP contribution >= 0.6 is 0 Å². The van der Waals surface area contributed by atoms with Crippen LogP contribution in [0.1, 0.15) is 0 Å². The lowest BCUT2D eigenvalue weighted by Gasteiger charge is -2.15. The Morgan fingerprint density at radius 2 is 1.85 bits per heavy atom. The van der Waals surface area contributed by atoms with Crippen LogP contribution in [0, 0.1) is 5.82 Å². The average molecular weight is 308 g/mol. The maximum Gasteiger partial charge on any atom is 0.407 e. The summed E-state index contributed by atoms with van der Waals surface area (Å²) in [6.07, 6.45) is 0. The lowest BCUT2D eigenvalue weighted by molar-refractivity contribution is 0.0539. The van der Waals surface area contributed by atoms with E-state index in [1.54, 1.807) is 0 Å². The Kier molecular flexibility index (Phi) is 3.59. The first-order valence-electron chi connectivity index (χ1n) is 5.33. The molecule has 2 rings (SSSR count). The normalized spacial score (nSPS) is 12.6. The minimum atomic E-state index is -5.47. The molecule has 0 atom stereocenters. The van der Waals surface area contributed by atoms with Crippen LogP contribution in [0.4, 0.5) is 17.6 Å². The van der Waals surface area contributed by atoms with E-state index in [1.807, 2.05) is 0 Å². The molecule has 20 heavy (non-hydrogen) atoms. The predicted molar refractivity (Wildman–Crippen MR) is 64.4 cm³/mol. The number of hydrogen-bond donors (Lipinski definition) is 0. The first kappa shape index (κ1) is 14.6. The van der Waals surface area contributed by atoms with Crippen LogP contribution in [0.15, 0.2) is 36.4 Å². The van der Waals surface area contributed by atoms with E-state index < -0.39 is 33.6 Å². The molecule has 0 spiro atoms. The van der Waals surface area contributed by atoms with Crippen LogP contribution in [0.3, 0.4) is 0 Å². The topological polar surface area (TPSA) is 43.4 Å². The fourth-order valence-corrected chi connectivity index (χ4v) is 2.18. The van der Waals surface area contributed by atoms with Crippen molar-refractivity contribution >= 4 is 20.9 Å². The third-order valence-electron chi connectivity index (χ3n) is 2.52. The van der Waals surface area contributed by atoms with Crippen molar-refractivity contribution in [1.29, 1.82) is 0 Å². The molecule has 0 bridgehead atoms. The standard InChI is InChI=1S/C12H8F4O3S/c13-7-12(15,16)20(17,18)19-11-3-1-2-8-6-9(14)4-5-10(8)11/h1-6H,7H2. The minimum absolute atomic E-state index is 0.118. The molecule has 108 valence electrons. The third-order valence-corrected chi connectivity index (χ3v) is 3.76. The van der Waals surface area contributed by atoms with Gasteiger partial charge in [0.15, 0.2) is 12.4 Å². The van der Waals surface area contributed by atoms with E-state index in [0.29, 0.717) is 0 Å². The van der Waals surface area contributed by atoms with E-state index >= 15 is 0 Å². The molecule has 0 saturated carbocycles. The first-order chi connectivity index (χ1) is 9.27. The van der Waals surface area contributed by atoms with Crippen molar-refractivity contribution in [3.05, 3.63) is 42.2 Å². The van der Waals surface area contributed by atoms with Gasteiger partial charge in [-0.05, 0) is 29.7 Å². The highest BCUT2D eigenvalue weighted by Gasteiger charge is 2.48. The molecule has 2 aromatic carbocycles. The molecule has 0 aliphatic rings. The summed E-state index contributed by atoms with van der Waals surface area (Å²) in [5.74, 6) is -0.998. The van der Waals surface area contributed by atoms with Crippen molar-refractivity contribution in [2.45, 2.75) is 5.25 Å². The zero-order chi connectivity index (χ0) is 15.0. The van der Waals surface area contributed by atoms with Gasteiger partial charge in [0.05, 0.1) is 0 Å². The molecule has 0 fully saturated rings. The minimum Gasteiger partial charge on any atom is -0.377 e. The molecule has 0 unspecified atom stereocenters. The summed E-state index contributed by atoms with van der Waals surface area (Å²) >= 11 is 0. The molecule has 0 aliphatic carbocycles. The van der Waals surface area contributed by atoms with Gasteiger partial charge >= 0.3 is 15.4 Å². The van der Waals surface area contributed by atoms with Crippen LogP contribution < -0.4 is 4.18 Å². The molecule has 2 aromatic rings. The number of hydrogen-bond acceptors (Lipinski definition) is 3. The smallest absolute Gasteiger partial charge is 0.377 e. The maximum atomic E-state index is 13.0. The Morgan fingerprint density at radius 3 is 2.50 bits per heavy atom. The fourth-order valence-electron chi connectivity index (χ4n) is 1.54. The highest BCUT2D eigenvalue weighted by Crippen LogP contribution is 2.31. The molecule has 0 aliphatic heterocycles. The molecule has 0 amide bonds. The Bertz CT molecular complexity index is 743. The summed E-state index contributed by atoms with van der Waals surface area (Å²) in [6, 6.07) is 7.16. The third kappa shape index (κ3) is 2.55. The largest absolute Gasteiger partial charge is 0.407 e. The van der Waals surface area contributed by atoms with E-state index in [0.717, 1.165) is 18.2 Å². The molecular formula is C12H8F4O3S. The number of alkyl halides is 3. The Morgan fingerprint density at radius 1 is 1.15 bits per heavy atom. The number of halogens is 4. The molecular weight excluding hydrogens is 300 g/mol. The predicted octanol–water partition coefficient (Wildman–Crippen LogP) is 3.25. The summed E-state index contributed by atoms with van der Waals surface area (Å²) in [7, 11) is -5.47. The van der Waals surface area contributed by atoms with Crippen LogP contribution in [0.2, 0.25) is 0 Å². The van der Waals surface area contributed by atoms with Gasteiger partial charge in [-0.25, -0.2) is 8.78 Å². The van der Waals surface area contributed by atoms with Gasteiger partial charge in [-0.15, -0.1) is 0 Å². The second-order valence-electron chi connectivity index (χ2n) is 3.93. The second kappa shape index (κ2) is 4.93. The van der Waals surface area contributed by atoms with E-state index in [4.69, 9.17) is 0 Å². The average Bonchev–Trinajstić information content (AvgIpc) is 2.38.